The summed E-state index contributed by atoms with van der Waals surface area (Å²) in [5.41, 5.74) is 1.79. The minimum Gasteiger partial charge on any atom is -0.345 e. The number of hydrogen-bond donors (Lipinski definition) is 0. The van der Waals surface area contributed by atoms with E-state index in [0.717, 1.165) is 11.4 Å². The highest BCUT2D eigenvalue weighted by Gasteiger charge is 2.21. The fourth-order valence-corrected chi connectivity index (χ4v) is 2.09. The van der Waals surface area contributed by atoms with Crippen LogP contribution in [-0.2, 0) is 9.47 Å². The summed E-state index contributed by atoms with van der Waals surface area (Å²) in [7, 11) is 0. The number of ether oxygens (including phenoxy) is 2. The van der Waals surface area contributed by atoms with Gasteiger partial charge in [-0.2, -0.15) is 0 Å². The lowest BCUT2D eigenvalue weighted by Crippen LogP contribution is -2.06. The third-order valence-corrected chi connectivity index (χ3v) is 2.98. The van der Waals surface area contributed by atoms with Gasteiger partial charge in [-0.1, -0.05) is 0 Å². The normalized spacial score (nSPS) is 15.8. The molecule has 0 spiro atoms. The Kier molecular flexibility index (Phi) is 3.02. The Morgan fingerprint density at radius 1 is 1.16 bits per heavy atom. The summed E-state index contributed by atoms with van der Waals surface area (Å²) in [6.45, 7) is 1.16. The van der Waals surface area contributed by atoms with Crippen LogP contribution in [0.3, 0.4) is 0 Å². The van der Waals surface area contributed by atoms with Crippen molar-refractivity contribution in [1.29, 1.82) is 0 Å². The first-order valence-corrected chi connectivity index (χ1v) is 5.91. The maximum atomic E-state index is 10.6. The van der Waals surface area contributed by atoms with Crippen LogP contribution >= 0.6 is 0 Å². The first-order chi connectivity index (χ1) is 9.25. The number of hydrogen-bond acceptors (Lipinski definition) is 4. The third kappa shape index (κ3) is 2.23. The van der Waals surface area contributed by atoms with Crippen molar-refractivity contribution in [1.82, 2.24) is 4.57 Å². The lowest BCUT2D eigenvalue weighted by molar-refractivity contribution is -0.384. The van der Waals surface area contributed by atoms with E-state index in [1.807, 2.05) is 22.9 Å². The van der Waals surface area contributed by atoms with E-state index in [0.29, 0.717) is 13.2 Å². The highest BCUT2D eigenvalue weighted by atomic mass is 16.7. The topological polar surface area (TPSA) is 66.5 Å². The molecule has 0 amide bonds. The van der Waals surface area contributed by atoms with E-state index in [1.165, 1.54) is 12.1 Å². The molecule has 1 saturated heterocycles. The summed E-state index contributed by atoms with van der Waals surface area (Å²) >= 11 is 0. The zero-order chi connectivity index (χ0) is 13.2. The fraction of sp³-hybridized carbons (Fsp3) is 0.231. The quantitative estimate of drug-likeness (QED) is 0.628. The second-order valence-corrected chi connectivity index (χ2v) is 4.15. The van der Waals surface area contributed by atoms with Crippen molar-refractivity contribution in [3.63, 3.8) is 0 Å². The second-order valence-electron chi connectivity index (χ2n) is 4.15. The van der Waals surface area contributed by atoms with Crippen LogP contribution in [0.2, 0.25) is 0 Å². The first-order valence-electron chi connectivity index (χ1n) is 5.91. The summed E-state index contributed by atoms with van der Waals surface area (Å²) in [4.78, 5) is 10.2. The van der Waals surface area contributed by atoms with E-state index < -0.39 is 4.92 Å². The lowest BCUT2D eigenvalue weighted by atomic mass is 10.2. The molecule has 1 aromatic heterocycles. The molecule has 0 aliphatic carbocycles. The van der Waals surface area contributed by atoms with Crippen LogP contribution in [0.25, 0.3) is 5.69 Å². The number of nitro groups is 1. The van der Waals surface area contributed by atoms with Gasteiger partial charge < -0.3 is 14.0 Å². The van der Waals surface area contributed by atoms with E-state index in [2.05, 4.69) is 0 Å². The molecule has 6 heteroatoms. The van der Waals surface area contributed by atoms with Gasteiger partial charge in [-0.25, -0.2) is 0 Å². The molecule has 1 aliphatic rings. The van der Waals surface area contributed by atoms with Crippen molar-refractivity contribution >= 4 is 5.69 Å². The Bertz CT molecular complexity index is 585. The molecule has 0 atom stereocenters. The Labute approximate surface area is 109 Å². The maximum Gasteiger partial charge on any atom is 0.269 e. The molecule has 0 unspecified atom stereocenters. The van der Waals surface area contributed by atoms with Crippen LogP contribution < -0.4 is 0 Å². The predicted molar refractivity (Wildman–Crippen MR) is 67.1 cm³/mol. The minimum atomic E-state index is -0.413. The molecule has 0 N–H and O–H groups in total. The van der Waals surface area contributed by atoms with Gasteiger partial charge in [-0.3, -0.25) is 10.1 Å². The zero-order valence-corrected chi connectivity index (χ0v) is 10.1. The number of rotatable bonds is 3. The Morgan fingerprint density at radius 3 is 2.47 bits per heavy atom. The first kappa shape index (κ1) is 11.9. The van der Waals surface area contributed by atoms with Gasteiger partial charge in [0.05, 0.1) is 23.8 Å². The van der Waals surface area contributed by atoms with Gasteiger partial charge in [0.15, 0.2) is 6.29 Å². The molecule has 1 aromatic carbocycles. The lowest BCUT2D eigenvalue weighted by Gasteiger charge is -2.13. The van der Waals surface area contributed by atoms with E-state index in [-0.39, 0.29) is 12.0 Å². The molecule has 1 fully saturated rings. The highest BCUT2D eigenvalue weighted by Crippen LogP contribution is 2.26. The molecule has 6 nitrogen and oxygen atoms in total. The number of non-ortho nitro benzene ring substituents is 1. The Morgan fingerprint density at radius 2 is 1.84 bits per heavy atom. The van der Waals surface area contributed by atoms with Crippen LogP contribution in [0.1, 0.15) is 12.0 Å². The minimum absolute atomic E-state index is 0.0748. The molecule has 3 rings (SSSR count). The van der Waals surface area contributed by atoms with E-state index in [4.69, 9.17) is 9.47 Å². The number of aromatic nitrogens is 1. The van der Waals surface area contributed by atoms with Crippen molar-refractivity contribution in [3.8, 4) is 5.69 Å². The number of benzene rings is 1. The van der Waals surface area contributed by atoms with Gasteiger partial charge in [0.1, 0.15) is 0 Å². The third-order valence-electron chi connectivity index (χ3n) is 2.98. The van der Waals surface area contributed by atoms with Gasteiger partial charge >= 0.3 is 0 Å². The molecule has 2 heterocycles. The summed E-state index contributed by atoms with van der Waals surface area (Å²) in [5, 5.41) is 10.6. The zero-order valence-electron chi connectivity index (χ0n) is 10.1. The Balaban J connectivity index is 1.93. The van der Waals surface area contributed by atoms with Crippen LogP contribution in [0.5, 0.6) is 0 Å². The van der Waals surface area contributed by atoms with Gasteiger partial charge in [-0.15, -0.1) is 0 Å². The van der Waals surface area contributed by atoms with Crippen LogP contribution in [0, 0.1) is 10.1 Å². The Hall–Kier alpha value is -2.18. The summed E-state index contributed by atoms with van der Waals surface area (Å²) in [5.74, 6) is 0. The van der Waals surface area contributed by atoms with Crippen LogP contribution in [0.4, 0.5) is 5.69 Å². The van der Waals surface area contributed by atoms with Gasteiger partial charge in [0.25, 0.3) is 5.69 Å². The fourth-order valence-electron chi connectivity index (χ4n) is 2.09. The molecule has 19 heavy (non-hydrogen) atoms. The van der Waals surface area contributed by atoms with Crippen molar-refractivity contribution in [3.05, 3.63) is 58.4 Å². The molecule has 1 aliphatic heterocycles. The average molecular weight is 260 g/mol. The van der Waals surface area contributed by atoms with Crippen molar-refractivity contribution < 1.29 is 14.4 Å². The van der Waals surface area contributed by atoms with Crippen molar-refractivity contribution in [2.75, 3.05) is 13.2 Å². The molecular formula is C13H12N2O4. The number of nitrogens with zero attached hydrogens (tertiary/aromatic N) is 2. The summed E-state index contributed by atoms with van der Waals surface area (Å²) in [6, 6.07) is 10.2. The van der Waals surface area contributed by atoms with E-state index >= 15 is 0 Å². The van der Waals surface area contributed by atoms with Crippen LogP contribution in [0.15, 0.2) is 42.6 Å². The van der Waals surface area contributed by atoms with Gasteiger partial charge in [0, 0.05) is 24.0 Å². The molecule has 0 radical (unpaired) electrons. The van der Waals surface area contributed by atoms with Crippen LogP contribution in [-0.4, -0.2) is 22.7 Å². The van der Waals surface area contributed by atoms with Gasteiger partial charge in [0.2, 0.25) is 0 Å². The summed E-state index contributed by atoms with van der Waals surface area (Å²) in [6.07, 6.45) is 1.51. The molecule has 0 bridgehead atoms. The second kappa shape index (κ2) is 4.83. The standard InChI is InChI=1S/C13H12N2O4/c16-15(17)11-5-3-10(4-6-11)14-7-1-2-12(14)13-18-8-9-19-13/h1-7,13H,8-9H2. The maximum absolute atomic E-state index is 10.6. The smallest absolute Gasteiger partial charge is 0.269 e. The van der Waals surface area contributed by atoms with Gasteiger partial charge in [-0.05, 0) is 24.3 Å². The van der Waals surface area contributed by atoms with Crippen molar-refractivity contribution in [2.24, 2.45) is 0 Å². The number of nitro benzene ring substituents is 1. The average Bonchev–Trinajstić information content (AvgIpc) is 3.09. The SMILES string of the molecule is O=[N+]([O-])c1ccc(-n2cccc2C2OCCO2)cc1. The summed E-state index contributed by atoms with van der Waals surface area (Å²) < 4.78 is 12.8. The van der Waals surface area contributed by atoms with Crippen molar-refractivity contribution in [2.45, 2.75) is 6.29 Å². The monoisotopic (exact) mass is 260 g/mol. The molecule has 2 aromatic rings. The van der Waals surface area contributed by atoms with E-state index in [1.54, 1.807) is 12.1 Å². The largest absolute Gasteiger partial charge is 0.345 e. The molecule has 0 saturated carbocycles. The molecular weight excluding hydrogens is 248 g/mol. The highest BCUT2D eigenvalue weighted by molar-refractivity contribution is 5.42. The predicted octanol–water partition coefficient (Wildman–Crippen LogP) is 2.43. The molecule has 98 valence electrons. The van der Waals surface area contributed by atoms with E-state index in [9.17, 15) is 10.1 Å².